The van der Waals surface area contributed by atoms with E-state index in [4.69, 9.17) is 19.1 Å². The zero-order valence-electron chi connectivity index (χ0n) is 14.3. The molecule has 1 aliphatic heterocycles. The van der Waals surface area contributed by atoms with Gasteiger partial charge >= 0.3 is 0 Å². The van der Waals surface area contributed by atoms with Crippen molar-refractivity contribution in [3.05, 3.63) is 42.6 Å². The molecule has 0 radical (unpaired) electrons. The Morgan fingerprint density at radius 3 is 2.70 bits per heavy atom. The molecule has 27 heavy (non-hydrogen) atoms. The first-order chi connectivity index (χ1) is 12.8. The van der Waals surface area contributed by atoms with Crippen molar-refractivity contribution >= 4 is 45.0 Å². The Hall–Kier alpha value is -2.71. The third kappa shape index (κ3) is 3.11. The lowest BCUT2D eigenvalue weighted by molar-refractivity contribution is 0.122. The summed E-state index contributed by atoms with van der Waals surface area (Å²) >= 11 is 0. The van der Waals surface area contributed by atoms with Crippen LogP contribution in [0.3, 0.4) is 0 Å². The molecule has 1 aromatic carbocycles. The number of morpholine rings is 1. The number of furan rings is 1. The molecule has 1 fully saturated rings. The van der Waals surface area contributed by atoms with Crippen molar-refractivity contribution in [3.63, 3.8) is 0 Å². The van der Waals surface area contributed by atoms with Crippen LogP contribution in [0.25, 0.3) is 33.6 Å². The molecule has 0 aliphatic carbocycles. The smallest absolute Gasteiger partial charge is 0.229 e. The third-order valence-corrected chi connectivity index (χ3v) is 4.49. The fraction of sp³-hybridized carbons (Fsp3) is 0.211. The van der Waals surface area contributed by atoms with E-state index in [9.17, 15) is 5.11 Å². The maximum Gasteiger partial charge on any atom is 0.229 e. The van der Waals surface area contributed by atoms with Crippen molar-refractivity contribution in [3.8, 4) is 17.1 Å². The number of benzene rings is 1. The van der Waals surface area contributed by atoms with Crippen molar-refractivity contribution in [2.75, 3.05) is 31.2 Å². The second-order valence-electron chi connectivity index (χ2n) is 6.16. The van der Waals surface area contributed by atoms with Gasteiger partial charge in [0, 0.05) is 24.8 Å². The molecule has 7 nitrogen and oxygen atoms in total. The van der Waals surface area contributed by atoms with Crippen LogP contribution in [0.1, 0.15) is 0 Å². The van der Waals surface area contributed by atoms with E-state index < -0.39 is 0 Å². The van der Waals surface area contributed by atoms with Gasteiger partial charge < -0.3 is 19.2 Å². The Labute approximate surface area is 165 Å². The second kappa shape index (κ2) is 7.13. The highest BCUT2D eigenvalue weighted by Crippen LogP contribution is 2.34. The van der Waals surface area contributed by atoms with Crippen LogP contribution in [0.4, 0.5) is 5.82 Å². The van der Waals surface area contributed by atoms with Crippen molar-refractivity contribution < 1.29 is 14.3 Å². The summed E-state index contributed by atoms with van der Waals surface area (Å²) in [6.07, 6.45) is 1.70. The molecule has 0 atom stereocenters. The molecular weight excluding hydrogens is 412 g/mol. The molecule has 0 bridgehead atoms. The van der Waals surface area contributed by atoms with Gasteiger partial charge in [0.1, 0.15) is 11.3 Å². The summed E-state index contributed by atoms with van der Waals surface area (Å²) in [4.78, 5) is 15.9. The number of ether oxygens (including phenoxy) is 1. The van der Waals surface area contributed by atoms with Crippen LogP contribution < -0.4 is 4.90 Å². The van der Waals surface area contributed by atoms with E-state index in [1.165, 1.54) is 0 Å². The number of hydrogen-bond donors (Lipinski definition) is 1. The summed E-state index contributed by atoms with van der Waals surface area (Å²) in [6, 6.07) is 10.7. The summed E-state index contributed by atoms with van der Waals surface area (Å²) in [6.45, 7) is 2.75. The number of phenols is 1. The Bertz CT molecular complexity index is 1110. The van der Waals surface area contributed by atoms with E-state index in [1.54, 1.807) is 24.4 Å². The van der Waals surface area contributed by atoms with E-state index in [0.29, 0.717) is 30.3 Å². The molecule has 0 unspecified atom stereocenters. The highest BCUT2D eigenvalue weighted by atomic mass is 79.9. The van der Waals surface area contributed by atoms with Gasteiger partial charge in [-0.3, -0.25) is 0 Å². The number of nitrogens with zero attached hydrogens (tertiary/aromatic N) is 4. The van der Waals surface area contributed by atoms with Gasteiger partial charge in [-0.05, 0) is 24.3 Å². The van der Waals surface area contributed by atoms with Crippen LogP contribution in [0.15, 0.2) is 47.0 Å². The van der Waals surface area contributed by atoms with Gasteiger partial charge in [-0.25, -0.2) is 15.0 Å². The molecule has 3 aromatic heterocycles. The minimum atomic E-state index is 0. The number of pyridine rings is 1. The zero-order valence-corrected chi connectivity index (χ0v) is 16.0. The summed E-state index contributed by atoms with van der Waals surface area (Å²) in [5, 5.41) is 10.7. The van der Waals surface area contributed by atoms with Gasteiger partial charge in [0.15, 0.2) is 17.2 Å². The molecule has 1 N–H and O–H groups in total. The molecular formula is C19H17BrN4O3. The SMILES string of the molecule is Br.Oc1cccc(-c2nc(N3CCOCC3)c3oc4ncccc4c3n2)c1. The predicted octanol–water partition coefficient (Wildman–Crippen LogP) is 3.56. The van der Waals surface area contributed by atoms with E-state index in [-0.39, 0.29) is 22.7 Å². The summed E-state index contributed by atoms with van der Waals surface area (Å²) in [5.74, 6) is 1.45. The highest BCUT2D eigenvalue weighted by Gasteiger charge is 2.22. The molecule has 4 aromatic rings. The largest absolute Gasteiger partial charge is 0.508 e. The lowest BCUT2D eigenvalue weighted by Gasteiger charge is -2.27. The zero-order chi connectivity index (χ0) is 17.5. The minimum absolute atomic E-state index is 0. The number of aromatic hydroxyl groups is 1. The standard InChI is InChI=1S/C19H16N4O3.BrH/c24-13-4-1-3-12(11-13)17-21-15-14-5-2-6-20-19(14)26-16(15)18(22-17)23-7-9-25-10-8-23;/h1-6,11,24H,7-10H2;1H. The summed E-state index contributed by atoms with van der Waals surface area (Å²) in [7, 11) is 0. The van der Waals surface area contributed by atoms with Gasteiger partial charge in [-0.1, -0.05) is 12.1 Å². The number of rotatable bonds is 2. The third-order valence-electron chi connectivity index (χ3n) is 4.49. The van der Waals surface area contributed by atoms with Gasteiger partial charge in [0.25, 0.3) is 0 Å². The van der Waals surface area contributed by atoms with Crippen LogP contribution in [-0.4, -0.2) is 46.4 Å². The minimum Gasteiger partial charge on any atom is -0.508 e. The quantitative estimate of drug-likeness (QED) is 0.522. The molecule has 0 saturated carbocycles. The molecule has 8 heteroatoms. The van der Waals surface area contributed by atoms with Crippen LogP contribution in [-0.2, 0) is 4.74 Å². The fourth-order valence-electron chi connectivity index (χ4n) is 3.23. The van der Waals surface area contributed by atoms with Crippen molar-refractivity contribution in [2.45, 2.75) is 0 Å². The van der Waals surface area contributed by atoms with E-state index in [0.717, 1.165) is 35.4 Å². The van der Waals surface area contributed by atoms with Crippen LogP contribution in [0.5, 0.6) is 5.75 Å². The predicted molar refractivity (Wildman–Crippen MR) is 108 cm³/mol. The van der Waals surface area contributed by atoms with Crippen LogP contribution in [0.2, 0.25) is 0 Å². The Morgan fingerprint density at radius 1 is 1.04 bits per heavy atom. The second-order valence-corrected chi connectivity index (χ2v) is 6.16. The topological polar surface area (TPSA) is 84.5 Å². The Morgan fingerprint density at radius 2 is 1.89 bits per heavy atom. The van der Waals surface area contributed by atoms with Gasteiger partial charge in [0.05, 0.1) is 18.6 Å². The summed E-state index contributed by atoms with van der Waals surface area (Å²) < 4.78 is 11.4. The number of aromatic nitrogens is 3. The maximum absolute atomic E-state index is 9.83. The number of fused-ring (bicyclic) bond motifs is 3. The molecule has 1 aliphatic rings. The van der Waals surface area contributed by atoms with E-state index >= 15 is 0 Å². The van der Waals surface area contributed by atoms with Gasteiger partial charge in [-0.2, -0.15) is 0 Å². The molecule has 5 rings (SSSR count). The molecule has 138 valence electrons. The highest BCUT2D eigenvalue weighted by molar-refractivity contribution is 8.93. The van der Waals surface area contributed by atoms with Gasteiger partial charge in [0.2, 0.25) is 5.71 Å². The van der Waals surface area contributed by atoms with Crippen molar-refractivity contribution in [1.29, 1.82) is 0 Å². The first-order valence-electron chi connectivity index (χ1n) is 8.47. The Balaban J connectivity index is 0.00000180. The lowest BCUT2D eigenvalue weighted by atomic mass is 10.2. The summed E-state index contributed by atoms with van der Waals surface area (Å²) in [5.41, 5.74) is 2.64. The van der Waals surface area contributed by atoms with Crippen molar-refractivity contribution in [1.82, 2.24) is 15.0 Å². The fourth-order valence-corrected chi connectivity index (χ4v) is 3.23. The van der Waals surface area contributed by atoms with Crippen molar-refractivity contribution in [2.24, 2.45) is 0 Å². The normalized spacial score (nSPS) is 14.4. The number of hydrogen-bond acceptors (Lipinski definition) is 7. The number of halogens is 1. The number of anilines is 1. The number of phenolic OH excluding ortho intramolecular Hbond substituents is 1. The van der Waals surface area contributed by atoms with Crippen LogP contribution in [0, 0.1) is 0 Å². The molecule has 0 spiro atoms. The first kappa shape index (κ1) is 17.7. The Kier molecular flexibility index (Phi) is 4.67. The lowest BCUT2D eigenvalue weighted by Crippen LogP contribution is -2.37. The van der Waals surface area contributed by atoms with Crippen LogP contribution >= 0.6 is 17.0 Å². The van der Waals surface area contributed by atoms with E-state index in [2.05, 4.69) is 9.88 Å². The monoisotopic (exact) mass is 428 g/mol. The maximum atomic E-state index is 9.83. The average molecular weight is 429 g/mol. The molecule has 4 heterocycles. The average Bonchev–Trinajstić information content (AvgIpc) is 3.06. The first-order valence-corrected chi connectivity index (χ1v) is 8.47. The molecule has 0 amide bonds. The van der Waals surface area contributed by atoms with E-state index in [1.807, 2.05) is 18.2 Å². The van der Waals surface area contributed by atoms with Gasteiger partial charge in [-0.15, -0.1) is 17.0 Å². The molecule has 1 saturated heterocycles.